The average Bonchev–Trinajstić information content (AvgIpc) is 3.72. The summed E-state index contributed by atoms with van der Waals surface area (Å²) in [4.78, 5) is 17.5. The van der Waals surface area contributed by atoms with Crippen molar-refractivity contribution in [2.75, 3.05) is 11.4 Å². The molecular formula is C35H46N4. The lowest BCUT2D eigenvalue weighted by Crippen LogP contribution is -2.34. The van der Waals surface area contributed by atoms with Gasteiger partial charge < -0.3 is 4.90 Å². The summed E-state index contributed by atoms with van der Waals surface area (Å²) in [5.74, 6) is 3.63. The van der Waals surface area contributed by atoms with Crippen LogP contribution in [0.2, 0.25) is 0 Å². The van der Waals surface area contributed by atoms with Crippen LogP contribution in [0.25, 0.3) is 5.70 Å². The molecule has 0 spiro atoms. The zero-order valence-electron chi connectivity index (χ0n) is 24.2. The average molecular weight is 523 g/mol. The molecule has 3 aliphatic carbocycles. The summed E-state index contributed by atoms with van der Waals surface area (Å²) in [6.45, 7) is 10.1. The maximum Gasteiger partial charge on any atom is 0.133 e. The van der Waals surface area contributed by atoms with Crippen LogP contribution in [0.1, 0.15) is 112 Å². The number of aryl methyl sites for hydroxylation is 2. The summed E-state index contributed by atoms with van der Waals surface area (Å²) in [5.41, 5.74) is 8.91. The highest BCUT2D eigenvalue weighted by molar-refractivity contribution is 5.98. The molecular weight excluding hydrogens is 476 g/mol. The van der Waals surface area contributed by atoms with Crippen molar-refractivity contribution in [3.63, 3.8) is 0 Å². The quantitative estimate of drug-likeness (QED) is 0.330. The summed E-state index contributed by atoms with van der Waals surface area (Å²) < 4.78 is 0. The Kier molecular flexibility index (Phi) is 7.99. The molecule has 0 radical (unpaired) electrons. The molecule has 6 rings (SSSR count). The van der Waals surface area contributed by atoms with Crippen molar-refractivity contribution in [1.29, 1.82) is 0 Å². The van der Waals surface area contributed by atoms with Gasteiger partial charge in [0.1, 0.15) is 5.82 Å². The number of nitrogens with zero attached hydrogens (tertiary/aromatic N) is 4. The van der Waals surface area contributed by atoms with Gasteiger partial charge in [0, 0.05) is 53.4 Å². The molecule has 1 aliphatic heterocycles. The summed E-state index contributed by atoms with van der Waals surface area (Å²) >= 11 is 0. The van der Waals surface area contributed by atoms with Crippen molar-refractivity contribution in [2.24, 2.45) is 22.7 Å². The number of hydrogen-bond acceptors (Lipinski definition) is 4. The molecule has 3 saturated carbocycles. The number of aromatic nitrogens is 2. The van der Waals surface area contributed by atoms with Gasteiger partial charge in [-0.25, -0.2) is 4.98 Å². The Labute approximate surface area is 235 Å². The molecule has 0 saturated heterocycles. The summed E-state index contributed by atoms with van der Waals surface area (Å²) in [6, 6.07) is 9.01. The van der Waals surface area contributed by atoms with Gasteiger partial charge in [0.05, 0.1) is 5.70 Å². The summed E-state index contributed by atoms with van der Waals surface area (Å²) in [6.07, 6.45) is 20.5. The van der Waals surface area contributed by atoms with Crippen LogP contribution < -0.4 is 4.90 Å². The second kappa shape index (κ2) is 11.8. The van der Waals surface area contributed by atoms with Crippen molar-refractivity contribution in [1.82, 2.24) is 9.97 Å². The predicted octanol–water partition coefficient (Wildman–Crippen LogP) is 8.82. The first-order valence-corrected chi connectivity index (χ1v) is 15.8. The van der Waals surface area contributed by atoms with E-state index in [0.717, 1.165) is 36.8 Å². The summed E-state index contributed by atoms with van der Waals surface area (Å²) in [5, 5.41) is 0. The number of aliphatic imine (C=N–C) groups is 1. The van der Waals surface area contributed by atoms with Gasteiger partial charge in [-0.3, -0.25) is 9.98 Å². The Balaban J connectivity index is 1.18. The Bertz CT molecular complexity index is 1240. The Morgan fingerprint density at radius 1 is 0.949 bits per heavy atom. The van der Waals surface area contributed by atoms with Crippen molar-refractivity contribution >= 4 is 17.2 Å². The van der Waals surface area contributed by atoms with Gasteiger partial charge in [-0.15, -0.1) is 0 Å². The molecule has 206 valence electrons. The van der Waals surface area contributed by atoms with E-state index in [0.29, 0.717) is 17.8 Å². The molecule has 0 N–H and O–H groups in total. The molecule has 3 fully saturated rings. The minimum absolute atomic E-state index is 0.579. The normalized spacial score (nSPS) is 23.8. The van der Waals surface area contributed by atoms with E-state index in [9.17, 15) is 0 Å². The minimum Gasteiger partial charge on any atom is -0.330 e. The lowest BCUT2D eigenvalue weighted by atomic mass is 9.79. The Hall–Kier alpha value is -2.75. The third kappa shape index (κ3) is 6.05. The van der Waals surface area contributed by atoms with Crippen LogP contribution in [0.3, 0.4) is 0 Å². The van der Waals surface area contributed by atoms with Crippen LogP contribution in [0.4, 0.5) is 5.82 Å². The van der Waals surface area contributed by atoms with E-state index in [1.165, 1.54) is 105 Å². The number of anilines is 1. The molecule has 4 nitrogen and oxygen atoms in total. The first-order valence-electron chi connectivity index (χ1n) is 15.8. The van der Waals surface area contributed by atoms with Gasteiger partial charge >= 0.3 is 0 Å². The van der Waals surface area contributed by atoms with E-state index in [2.05, 4.69) is 49.1 Å². The third-order valence-corrected chi connectivity index (χ3v) is 9.86. The molecule has 0 bridgehead atoms. The lowest BCUT2D eigenvalue weighted by molar-refractivity contribution is 0.320. The first kappa shape index (κ1) is 26.5. The number of allylic oxidation sites excluding steroid dienone is 2. The van der Waals surface area contributed by atoms with Gasteiger partial charge in [-0.2, -0.15) is 0 Å². The molecule has 4 aliphatic rings. The van der Waals surface area contributed by atoms with Crippen LogP contribution in [0.15, 0.2) is 53.8 Å². The number of pyridine rings is 2. The molecule has 0 unspecified atom stereocenters. The highest BCUT2D eigenvalue weighted by atomic mass is 15.2. The van der Waals surface area contributed by atoms with Crippen molar-refractivity contribution < 1.29 is 0 Å². The van der Waals surface area contributed by atoms with E-state index >= 15 is 0 Å². The van der Waals surface area contributed by atoms with Gasteiger partial charge in [0.15, 0.2) is 0 Å². The minimum atomic E-state index is 0.579. The lowest BCUT2D eigenvalue weighted by Gasteiger charge is -2.37. The molecule has 2 aromatic heterocycles. The third-order valence-electron chi connectivity index (χ3n) is 9.86. The number of hydrogen-bond donors (Lipinski definition) is 0. The zero-order chi connectivity index (χ0) is 26.8. The molecule has 0 atom stereocenters. The Morgan fingerprint density at radius 3 is 2.44 bits per heavy atom. The molecule has 3 heterocycles. The highest BCUT2D eigenvalue weighted by Crippen LogP contribution is 2.40. The zero-order valence-corrected chi connectivity index (χ0v) is 24.2. The standard InChI is InChI=1S/C35H46N4/c1-4-27-16-17-32(37-24(27)2)29-12-10-26(11-13-29)23-39(25(3)28-8-6-5-7-9-28)35-22-31(20-21-36-35)34-19-18-33(38-34)30-14-15-30/h16-17,19-22,26,28-30H,3-15,18,23H2,1-2H3. The second-order valence-electron chi connectivity index (χ2n) is 12.6. The van der Waals surface area contributed by atoms with Gasteiger partial charge in [-0.1, -0.05) is 44.9 Å². The summed E-state index contributed by atoms with van der Waals surface area (Å²) in [7, 11) is 0. The highest BCUT2D eigenvalue weighted by Gasteiger charge is 2.31. The smallest absolute Gasteiger partial charge is 0.133 e. The van der Waals surface area contributed by atoms with Crippen LogP contribution >= 0.6 is 0 Å². The molecule has 0 aromatic carbocycles. The van der Waals surface area contributed by atoms with E-state index in [4.69, 9.17) is 21.5 Å². The van der Waals surface area contributed by atoms with Crippen LogP contribution in [0.5, 0.6) is 0 Å². The van der Waals surface area contributed by atoms with Gasteiger partial charge in [0.25, 0.3) is 0 Å². The van der Waals surface area contributed by atoms with Crippen molar-refractivity contribution in [2.45, 2.75) is 103 Å². The Morgan fingerprint density at radius 2 is 1.72 bits per heavy atom. The maximum atomic E-state index is 5.03. The van der Waals surface area contributed by atoms with E-state index < -0.39 is 0 Å². The molecule has 39 heavy (non-hydrogen) atoms. The fourth-order valence-corrected chi connectivity index (χ4v) is 7.15. The van der Waals surface area contributed by atoms with E-state index in [1.54, 1.807) is 0 Å². The first-order chi connectivity index (χ1) is 19.1. The van der Waals surface area contributed by atoms with Crippen LogP contribution in [0, 0.1) is 24.7 Å². The topological polar surface area (TPSA) is 41.4 Å². The number of rotatable bonds is 9. The second-order valence-corrected chi connectivity index (χ2v) is 12.6. The predicted molar refractivity (Wildman–Crippen MR) is 163 cm³/mol. The largest absolute Gasteiger partial charge is 0.330 e. The van der Waals surface area contributed by atoms with Crippen LogP contribution in [-0.4, -0.2) is 22.2 Å². The monoisotopic (exact) mass is 522 g/mol. The van der Waals surface area contributed by atoms with Crippen molar-refractivity contribution in [3.8, 4) is 0 Å². The van der Waals surface area contributed by atoms with Gasteiger partial charge in [0.2, 0.25) is 0 Å². The van der Waals surface area contributed by atoms with E-state index in [-0.39, 0.29) is 0 Å². The molecule has 4 heteroatoms. The molecule has 2 aromatic rings. The van der Waals surface area contributed by atoms with Crippen LogP contribution in [-0.2, 0) is 6.42 Å². The maximum absolute atomic E-state index is 5.03. The van der Waals surface area contributed by atoms with Crippen molar-refractivity contribution in [3.05, 3.63) is 71.3 Å². The fraction of sp³-hybridized carbons (Fsp3) is 0.571. The molecule has 0 amide bonds. The van der Waals surface area contributed by atoms with Gasteiger partial charge in [-0.05, 0) is 106 Å². The SMILES string of the molecule is C=C(C1CCCCC1)N(CC1CCC(c2ccc(CC)c(C)n2)CC1)c1cc(C2=CCC(C3CC3)=N2)ccn1. The fourth-order valence-electron chi connectivity index (χ4n) is 7.15. The van der Waals surface area contributed by atoms with E-state index in [1.807, 2.05) is 6.20 Å².